The van der Waals surface area contributed by atoms with Crippen LogP contribution in [0.15, 0.2) is 35.4 Å². The highest BCUT2D eigenvalue weighted by Gasteiger charge is 2.06. The Hall–Kier alpha value is -2.30. The van der Waals surface area contributed by atoms with Crippen molar-refractivity contribution in [3.8, 4) is 0 Å². The number of methoxy groups -OCH3 is 1. The quantitative estimate of drug-likeness (QED) is 0.521. The molecule has 0 atom stereocenters. The smallest absolute Gasteiger partial charge is 0.244 e. The Morgan fingerprint density at radius 1 is 1.16 bits per heavy atom. The first-order valence-electron chi connectivity index (χ1n) is 7.77. The summed E-state index contributed by atoms with van der Waals surface area (Å²) in [4.78, 5) is 4.42. The van der Waals surface area contributed by atoms with Gasteiger partial charge in [-0.05, 0) is 30.5 Å². The molecule has 0 saturated carbocycles. The number of primary sulfonamides is 1. The van der Waals surface area contributed by atoms with Gasteiger partial charge in [-0.25, -0.2) is 13.6 Å². The molecule has 0 aliphatic heterocycles. The highest BCUT2D eigenvalue weighted by molar-refractivity contribution is 7.89. The van der Waals surface area contributed by atoms with E-state index in [9.17, 15) is 8.42 Å². The first-order valence-corrected chi connectivity index (χ1v) is 9.32. The van der Waals surface area contributed by atoms with Crippen LogP contribution in [0.2, 0.25) is 0 Å². The molecule has 0 fully saturated rings. The summed E-state index contributed by atoms with van der Waals surface area (Å²) < 4.78 is 27.4. The summed E-state index contributed by atoms with van der Waals surface area (Å²) in [7, 11) is -1.99. The molecule has 1 aromatic carbocycles. The summed E-state index contributed by atoms with van der Waals surface area (Å²) >= 11 is 0. The van der Waals surface area contributed by atoms with Gasteiger partial charge in [0.25, 0.3) is 0 Å². The molecule has 0 amide bonds. The number of sulfonamides is 1. The maximum atomic E-state index is 11.2. The number of ether oxygens (including phenoxy) is 1. The lowest BCUT2D eigenvalue weighted by atomic mass is 10.1. The molecule has 4 N–H and O–H groups in total. The van der Waals surface area contributed by atoms with Crippen LogP contribution in [0.25, 0.3) is 0 Å². The first kappa shape index (κ1) is 19.0. The molecule has 0 unspecified atom stereocenters. The zero-order valence-electron chi connectivity index (χ0n) is 14.0. The third-order valence-corrected chi connectivity index (χ3v) is 4.27. The van der Waals surface area contributed by atoms with Gasteiger partial charge in [0.15, 0.2) is 5.82 Å². The van der Waals surface area contributed by atoms with Crippen LogP contribution >= 0.6 is 0 Å². The Morgan fingerprint density at radius 2 is 1.92 bits per heavy atom. The molecule has 25 heavy (non-hydrogen) atoms. The van der Waals surface area contributed by atoms with E-state index in [4.69, 9.17) is 9.88 Å². The van der Waals surface area contributed by atoms with E-state index < -0.39 is 10.0 Å². The molecule has 2 aromatic rings. The van der Waals surface area contributed by atoms with Gasteiger partial charge in [-0.1, -0.05) is 12.1 Å². The van der Waals surface area contributed by atoms with E-state index >= 15 is 0 Å². The van der Waals surface area contributed by atoms with Crippen molar-refractivity contribution in [2.75, 3.05) is 37.4 Å². The summed E-state index contributed by atoms with van der Waals surface area (Å²) in [6, 6.07) is 6.45. The van der Waals surface area contributed by atoms with Gasteiger partial charge in [-0.2, -0.15) is 10.1 Å². The van der Waals surface area contributed by atoms with Crippen LogP contribution in [0.4, 0.5) is 11.8 Å². The topological polar surface area (TPSA) is 132 Å². The standard InChI is InChI=1S/C15H22N6O3S/c1-24-10-2-8-17-14-11-19-21-15(20-14)18-9-7-12-3-5-13(6-4-12)25(16,22)23/h3-6,11H,2,7-10H2,1H3,(H2,16,22,23)(H2,17,18,20,21). The molecule has 1 aromatic heterocycles. The van der Waals surface area contributed by atoms with Crippen LogP contribution in [0.3, 0.4) is 0 Å². The molecule has 0 bridgehead atoms. The average molecular weight is 366 g/mol. The number of aromatic nitrogens is 3. The SMILES string of the molecule is COCCCNc1cnnc(NCCc2ccc(S(N)(=O)=O)cc2)n1. The van der Waals surface area contributed by atoms with E-state index in [-0.39, 0.29) is 4.90 Å². The second-order valence-corrected chi connectivity index (χ2v) is 6.87. The molecule has 0 radical (unpaired) electrons. The van der Waals surface area contributed by atoms with E-state index in [0.717, 1.165) is 18.5 Å². The number of nitrogens with one attached hydrogen (secondary N) is 2. The van der Waals surface area contributed by atoms with Crippen LogP contribution in [0.1, 0.15) is 12.0 Å². The van der Waals surface area contributed by atoms with Crippen molar-refractivity contribution in [3.05, 3.63) is 36.0 Å². The number of benzene rings is 1. The summed E-state index contributed by atoms with van der Waals surface area (Å²) in [5.41, 5.74) is 0.974. The van der Waals surface area contributed by atoms with Gasteiger partial charge in [-0.3, -0.25) is 0 Å². The van der Waals surface area contributed by atoms with E-state index in [0.29, 0.717) is 31.3 Å². The Morgan fingerprint density at radius 3 is 2.60 bits per heavy atom. The minimum Gasteiger partial charge on any atom is -0.385 e. The first-order chi connectivity index (χ1) is 12.0. The number of nitrogens with two attached hydrogens (primary N) is 1. The van der Waals surface area contributed by atoms with Crippen molar-refractivity contribution >= 4 is 21.8 Å². The van der Waals surface area contributed by atoms with Crippen molar-refractivity contribution in [3.63, 3.8) is 0 Å². The van der Waals surface area contributed by atoms with Crippen molar-refractivity contribution in [2.24, 2.45) is 5.14 Å². The zero-order chi connectivity index (χ0) is 18.1. The van der Waals surface area contributed by atoms with Gasteiger partial charge in [0.2, 0.25) is 16.0 Å². The molecule has 2 rings (SSSR count). The molecule has 0 saturated heterocycles. The fourth-order valence-corrected chi connectivity index (χ4v) is 2.58. The fourth-order valence-electron chi connectivity index (χ4n) is 2.06. The van der Waals surface area contributed by atoms with Crippen molar-refractivity contribution in [1.29, 1.82) is 0 Å². The third-order valence-electron chi connectivity index (χ3n) is 3.34. The van der Waals surface area contributed by atoms with E-state index in [1.165, 1.54) is 12.1 Å². The minimum atomic E-state index is -3.66. The van der Waals surface area contributed by atoms with Crippen LogP contribution in [0, 0.1) is 0 Å². The monoisotopic (exact) mass is 366 g/mol. The van der Waals surface area contributed by atoms with Crippen molar-refractivity contribution in [1.82, 2.24) is 15.2 Å². The lowest BCUT2D eigenvalue weighted by Crippen LogP contribution is -2.13. The molecular weight excluding hydrogens is 344 g/mol. The van der Waals surface area contributed by atoms with E-state index in [2.05, 4.69) is 25.8 Å². The van der Waals surface area contributed by atoms with Gasteiger partial charge >= 0.3 is 0 Å². The Kier molecular flexibility index (Phi) is 7.04. The Bertz CT molecular complexity index is 767. The summed E-state index contributed by atoms with van der Waals surface area (Å²) in [6.45, 7) is 2.01. The predicted octanol–water partition coefficient (Wildman–Crippen LogP) is 0.622. The van der Waals surface area contributed by atoms with Gasteiger partial charge in [0.1, 0.15) is 0 Å². The van der Waals surface area contributed by atoms with Gasteiger partial charge in [-0.15, -0.1) is 5.10 Å². The summed E-state index contributed by atoms with van der Waals surface area (Å²) in [5.74, 6) is 1.07. The summed E-state index contributed by atoms with van der Waals surface area (Å²) in [6.07, 6.45) is 3.11. The molecule has 10 heteroatoms. The van der Waals surface area contributed by atoms with Crippen molar-refractivity contribution < 1.29 is 13.2 Å². The molecule has 0 aliphatic rings. The third kappa shape index (κ3) is 6.61. The van der Waals surface area contributed by atoms with Gasteiger partial charge < -0.3 is 15.4 Å². The minimum absolute atomic E-state index is 0.101. The maximum Gasteiger partial charge on any atom is 0.244 e. The van der Waals surface area contributed by atoms with E-state index in [1.54, 1.807) is 25.4 Å². The molecule has 1 heterocycles. The molecule has 9 nitrogen and oxygen atoms in total. The molecular formula is C15H22N6O3S. The molecule has 0 spiro atoms. The number of hydrogen-bond acceptors (Lipinski definition) is 8. The number of rotatable bonds is 10. The van der Waals surface area contributed by atoms with E-state index in [1.807, 2.05) is 0 Å². The Labute approximate surface area is 147 Å². The normalized spacial score (nSPS) is 11.3. The highest BCUT2D eigenvalue weighted by atomic mass is 32.2. The van der Waals surface area contributed by atoms with Crippen molar-refractivity contribution in [2.45, 2.75) is 17.7 Å². The maximum absolute atomic E-state index is 11.2. The second-order valence-electron chi connectivity index (χ2n) is 5.30. The lowest BCUT2D eigenvalue weighted by molar-refractivity contribution is 0.197. The number of anilines is 2. The molecule has 136 valence electrons. The molecule has 0 aliphatic carbocycles. The Balaban J connectivity index is 1.81. The lowest BCUT2D eigenvalue weighted by Gasteiger charge is -2.08. The second kappa shape index (κ2) is 9.25. The van der Waals surface area contributed by atoms with Crippen LogP contribution in [-0.2, 0) is 21.2 Å². The number of nitrogens with zero attached hydrogens (tertiary/aromatic N) is 3. The zero-order valence-corrected chi connectivity index (χ0v) is 14.8. The average Bonchev–Trinajstić information content (AvgIpc) is 2.59. The van der Waals surface area contributed by atoms with Crippen LogP contribution in [-0.4, -0.2) is 50.4 Å². The van der Waals surface area contributed by atoms with Gasteiger partial charge in [0, 0.05) is 26.8 Å². The van der Waals surface area contributed by atoms with Crippen LogP contribution in [0.5, 0.6) is 0 Å². The van der Waals surface area contributed by atoms with Crippen LogP contribution < -0.4 is 15.8 Å². The number of hydrogen-bond donors (Lipinski definition) is 3. The predicted molar refractivity (Wildman–Crippen MR) is 94.8 cm³/mol. The summed E-state index contributed by atoms with van der Waals surface area (Å²) in [5, 5.41) is 19.1. The van der Waals surface area contributed by atoms with Gasteiger partial charge in [0.05, 0.1) is 11.1 Å². The largest absolute Gasteiger partial charge is 0.385 e. The fraction of sp³-hybridized carbons (Fsp3) is 0.400. The highest BCUT2D eigenvalue weighted by Crippen LogP contribution is 2.10.